The highest BCUT2D eigenvalue weighted by Gasteiger charge is 2.30. The van der Waals surface area contributed by atoms with Gasteiger partial charge in [-0.1, -0.05) is 12.3 Å². The first kappa shape index (κ1) is 25.3. The van der Waals surface area contributed by atoms with Gasteiger partial charge in [0.1, 0.15) is 0 Å². The van der Waals surface area contributed by atoms with Crippen molar-refractivity contribution in [3.63, 3.8) is 0 Å². The molecule has 0 saturated carbocycles. The van der Waals surface area contributed by atoms with Gasteiger partial charge >= 0.3 is 28.6 Å². The Bertz CT molecular complexity index is 643. The number of rotatable bonds is 9. The molecular formula is C6H18F2N2O9P2S2. The van der Waals surface area contributed by atoms with E-state index in [0.717, 1.165) is 18.3 Å². The van der Waals surface area contributed by atoms with Crippen LogP contribution in [0.3, 0.4) is 0 Å². The number of hydrogen-bond donors (Lipinski definition) is 2. The number of halogens is 2. The van der Waals surface area contributed by atoms with Crippen LogP contribution in [0.4, 0.5) is 7.77 Å². The highest BCUT2D eigenvalue weighted by atomic mass is 32.3. The lowest BCUT2D eigenvalue weighted by molar-refractivity contribution is 0.216. The smallest absolute Gasteiger partial charge is 0.320 e. The molecule has 0 rings (SSSR count). The van der Waals surface area contributed by atoms with Gasteiger partial charge in [0, 0.05) is 13.8 Å². The van der Waals surface area contributed by atoms with E-state index >= 15 is 0 Å². The molecule has 0 aliphatic carbocycles. The van der Waals surface area contributed by atoms with E-state index in [1.165, 1.54) is 18.3 Å². The van der Waals surface area contributed by atoms with E-state index in [1.807, 2.05) is 0 Å². The number of hydrogen-bond acceptors (Lipinski definition) is 9. The Morgan fingerprint density at radius 1 is 0.913 bits per heavy atom. The van der Waals surface area contributed by atoms with Gasteiger partial charge in [0.25, 0.3) is 7.52 Å². The fraction of sp³-hybridized carbons (Fsp3) is 1.00. The van der Waals surface area contributed by atoms with E-state index in [1.54, 1.807) is 0 Å². The molecule has 0 fully saturated rings. The van der Waals surface area contributed by atoms with Crippen LogP contribution < -0.4 is 8.99 Å². The minimum atomic E-state index is -5.09. The second-order valence-corrected chi connectivity index (χ2v) is 10.2. The summed E-state index contributed by atoms with van der Waals surface area (Å²) in [5.41, 5.74) is 0. The average Bonchev–Trinajstić information content (AvgIpc) is 2.24. The quantitative estimate of drug-likeness (QED) is 0.409. The van der Waals surface area contributed by atoms with Gasteiger partial charge in [-0.15, -0.1) is 4.49 Å². The van der Waals surface area contributed by atoms with Crippen molar-refractivity contribution in [1.29, 1.82) is 0 Å². The summed E-state index contributed by atoms with van der Waals surface area (Å²) in [5.74, 6) is 0. The zero-order valence-electron chi connectivity index (χ0n) is 12.6. The van der Waals surface area contributed by atoms with E-state index in [4.69, 9.17) is 0 Å². The molecule has 0 spiro atoms. The van der Waals surface area contributed by atoms with Crippen LogP contribution in [0.2, 0.25) is 0 Å². The minimum Gasteiger partial charge on any atom is -0.320 e. The van der Waals surface area contributed by atoms with Crippen LogP contribution in [0.15, 0.2) is 0 Å². The lowest BCUT2D eigenvalue weighted by Crippen LogP contribution is -2.19. The molecule has 0 heterocycles. The van der Waals surface area contributed by atoms with Gasteiger partial charge in [-0.2, -0.15) is 16.8 Å². The fourth-order valence-electron chi connectivity index (χ4n) is 0.799. The summed E-state index contributed by atoms with van der Waals surface area (Å²) in [7, 11) is -16.6. The fourth-order valence-corrected chi connectivity index (χ4v) is 4.93. The maximum Gasteiger partial charge on any atom is 0.421 e. The highest BCUT2D eigenvalue weighted by Crippen LogP contribution is 2.44. The van der Waals surface area contributed by atoms with Gasteiger partial charge in [0.2, 0.25) is 0 Å². The molecule has 0 radical (unpaired) electrons. The second-order valence-electron chi connectivity index (χ2n) is 3.42. The van der Waals surface area contributed by atoms with E-state index in [-0.39, 0.29) is 13.2 Å². The Morgan fingerprint density at radius 3 is 1.43 bits per heavy atom. The molecule has 17 heteroatoms. The highest BCUT2D eigenvalue weighted by molar-refractivity contribution is 7.91. The molecule has 0 saturated heterocycles. The van der Waals surface area contributed by atoms with Crippen molar-refractivity contribution in [3.8, 4) is 0 Å². The summed E-state index contributed by atoms with van der Waals surface area (Å²) in [6, 6.07) is 0. The Labute approximate surface area is 133 Å². The third kappa shape index (κ3) is 16.7. The monoisotopic (exact) mass is 426 g/mol. The molecule has 1 atom stereocenters. The van der Waals surface area contributed by atoms with Crippen LogP contribution in [0, 0.1) is 0 Å². The van der Waals surface area contributed by atoms with Gasteiger partial charge in [0.05, 0.1) is 13.2 Å². The first-order valence-electron chi connectivity index (χ1n) is 5.59. The van der Waals surface area contributed by atoms with E-state index in [2.05, 4.69) is 13.6 Å². The molecule has 0 aliphatic heterocycles. The Hall–Kier alpha value is 0.0200. The first-order valence-corrected chi connectivity index (χ1v) is 12.0. The minimum absolute atomic E-state index is 0.0558. The van der Waals surface area contributed by atoms with Gasteiger partial charge < -0.3 is 4.52 Å². The Morgan fingerprint density at radius 2 is 1.26 bits per heavy atom. The van der Waals surface area contributed by atoms with Crippen LogP contribution in [-0.2, 0) is 43.5 Å². The maximum atomic E-state index is 12.1. The lowest BCUT2D eigenvalue weighted by atomic mass is 10.9. The SMILES string of the molecule is CCOP(=O)(NS(=O)(=O)F)OCC.COP(C)(=O)NS(=O)(=O)F. The van der Waals surface area contributed by atoms with Gasteiger partial charge in [0.15, 0.2) is 0 Å². The van der Waals surface area contributed by atoms with E-state index in [9.17, 15) is 33.7 Å². The zero-order valence-corrected chi connectivity index (χ0v) is 16.0. The zero-order chi connectivity index (χ0) is 18.9. The van der Waals surface area contributed by atoms with Crippen molar-refractivity contribution in [2.24, 2.45) is 0 Å². The van der Waals surface area contributed by atoms with Crippen molar-refractivity contribution in [2.45, 2.75) is 13.8 Å². The summed E-state index contributed by atoms with van der Waals surface area (Å²) >= 11 is 0. The van der Waals surface area contributed by atoms with E-state index < -0.39 is 36.1 Å². The van der Waals surface area contributed by atoms with Gasteiger partial charge in [-0.05, 0) is 13.8 Å². The van der Waals surface area contributed by atoms with E-state index in [0.29, 0.717) is 0 Å². The average molecular weight is 426 g/mol. The molecule has 2 N–H and O–H groups in total. The Kier molecular flexibility index (Phi) is 11.1. The normalized spacial score (nSPS) is 15.4. The van der Waals surface area contributed by atoms with Gasteiger partial charge in [-0.25, -0.2) is 4.57 Å². The predicted octanol–water partition coefficient (Wildman–Crippen LogP) is 1.23. The molecule has 0 aromatic carbocycles. The van der Waals surface area contributed by atoms with Crippen molar-refractivity contribution >= 4 is 36.1 Å². The standard InChI is InChI=1S/C4H11FNO5PS.C2H7FNO4PS/c1-3-10-12(7,11-4-2)6-13(5,8)9;1-8-9(2,5)4-10(3,6)7/h3-4H2,1-2H3,(H,6,7);1-2H3,(H,4,5). The molecule has 0 aromatic heterocycles. The third-order valence-electron chi connectivity index (χ3n) is 1.44. The van der Waals surface area contributed by atoms with Crippen molar-refractivity contribution in [1.82, 2.24) is 8.99 Å². The van der Waals surface area contributed by atoms with Crippen molar-refractivity contribution < 1.29 is 47.3 Å². The van der Waals surface area contributed by atoms with Crippen LogP contribution in [0.25, 0.3) is 0 Å². The topological polar surface area (TPSA) is 154 Å². The van der Waals surface area contributed by atoms with Crippen LogP contribution in [-0.4, -0.2) is 43.8 Å². The van der Waals surface area contributed by atoms with Gasteiger partial charge in [-0.3, -0.25) is 13.6 Å². The first-order chi connectivity index (χ1) is 10.1. The molecule has 0 amide bonds. The summed E-state index contributed by atoms with van der Waals surface area (Å²) in [6.45, 7) is 3.78. The summed E-state index contributed by atoms with van der Waals surface area (Å²) in [5, 5.41) is 0. The molecule has 142 valence electrons. The Balaban J connectivity index is 0. The largest absolute Gasteiger partial charge is 0.421 e. The van der Waals surface area contributed by atoms with Crippen molar-refractivity contribution in [2.75, 3.05) is 27.0 Å². The molecule has 0 bridgehead atoms. The van der Waals surface area contributed by atoms with Crippen molar-refractivity contribution in [3.05, 3.63) is 0 Å². The van der Waals surface area contributed by atoms with Crippen LogP contribution >= 0.6 is 15.3 Å². The molecule has 1 unspecified atom stereocenters. The van der Waals surface area contributed by atoms with Crippen LogP contribution in [0.5, 0.6) is 0 Å². The molecule has 11 nitrogen and oxygen atoms in total. The van der Waals surface area contributed by atoms with Crippen LogP contribution in [0.1, 0.15) is 13.8 Å². The number of nitrogens with one attached hydrogen (secondary N) is 2. The predicted molar refractivity (Wildman–Crippen MR) is 77.7 cm³/mol. The molecule has 0 aliphatic rings. The molecular weight excluding hydrogens is 408 g/mol. The lowest BCUT2D eigenvalue weighted by Gasteiger charge is -2.14. The summed E-state index contributed by atoms with van der Waals surface area (Å²) < 4.78 is 101. The second kappa shape index (κ2) is 10.1. The third-order valence-corrected chi connectivity index (χ3v) is 7.30. The molecule has 0 aromatic rings. The molecule has 23 heavy (non-hydrogen) atoms. The summed E-state index contributed by atoms with van der Waals surface area (Å²) in [6.07, 6.45) is 0. The summed E-state index contributed by atoms with van der Waals surface area (Å²) in [4.78, 5) is 0. The maximum absolute atomic E-state index is 12.1.